The Morgan fingerprint density at radius 3 is 0.935 bits per heavy atom. The Balaban J connectivity index is 1.15. The van der Waals surface area contributed by atoms with Gasteiger partial charge in [-0.3, -0.25) is 19.2 Å². The van der Waals surface area contributed by atoms with Crippen LogP contribution in [0.4, 0.5) is 28.4 Å². The number of aryl methyl sites for hydroxylation is 1. The van der Waals surface area contributed by atoms with Gasteiger partial charge in [0.1, 0.15) is 0 Å². The zero-order chi connectivity index (χ0) is 31.8. The number of imide groups is 2. The maximum atomic E-state index is 12.1. The van der Waals surface area contributed by atoms with Crippen LogP contribution in [0.1, 0.15) is 5.56 Å². The third-order valence-electron chi connectivity index (χ3n) is 8.08. The van der Waals surface area contributed by atoms with Gasteiger partial charge in [0.25, 0.3) is 23.6 Å². The molecule has 7 heteroatoms. The highest BCUT2D eigenvalue weighted by Gasteiger charge is 2.26. The third-order valence-corrected chi connectivity index (χ3v) is 8.08. The van der Waals surface area contributed by atoms with Gasteiger partial charge in [-0.2, -0.15) is 0 Å². The van der Waals surface area contributed by atoms with E-state index in [1.807, 2.05) is 24.3 Å². The second-order valence-electron chi connectivity index (χ2n) is 11.0. The molecule has 222 valence electrons. The van der Waals surface area contributed by atoms with Gasteiger partial charge < -0.3 is 4.90 Å². The standard InChI is InChI=1S/C39H27N3O4/c1-26-2-12-31(13-3-26)40(32-14-4-27(5-15-32)29-8-18-34(19-9-29)41-36(43)22-23-37(41)44)33-16-6-28(7-17-33)30-10-20-35(21-11-30)42-38(45)24-25-39(42)46/h2-25H,1H3. The van der Waals surface area contributed by atoms with Crippen molar-refractivity contribution in [3.8, 4) is 22.3 Å². The van der Waals surface area contributed by atoms with E-state index in [0.717, 1.165) is 49.1 Å². The van der Waals surface area contributed by atoms with E-state index in [-0.39, 0.29) is 23.6 Å². The van der Waals surface area contributed by atoms with Gasteiger partial charge in [-0.15, -0.1) is 0 Å². The summed E-state index contributed by atoms with van der Waals surface area (Å²) in [6.45, 7) is 2.06. The number of amides is 4. The van der Waals surface area contributed by atoms with Crippen molar-refractivity contribution in [2.75, 3.05) is 14.7 Å². The maximum absolute atomic E-state index is 12.1. The molecule has 0 aliphatic carbocycles. The van der Waals surface area contributed by atoms with Gasteiger partial charge in [-0.05, 0) is 89.8 Å². The molecule has 0 fully saturated rings. The summed E-state index contributed by atoms with van der Waals surface area (Å²) >= 11 is 0. The number of hydrogen-bond acceptors (Lipinski definition) is 5. The molecule has 0 spiro atoms. The predicted molar refractivity (Wildman–Crippen MR) is 180 cm³/mol. The Kier molecular flexibility index (Phi) is 7.19. The fourth-order valence-electron chi connectivity index (χ4n) is 5.66. The molecule has 46 heavy (non-hydrogen) atoms. The molecule has 0 aromatic heterocycles. The highest BCUT2D eigenvalue weighted by molar-refractivity contribution is 6.28. The number of nitrogens with zero attached hydrogens (tertiary/aromatic N) is 3. The van der Waals surface area contributed by atoms with Crippen molar-refractivity contribution in [3.63, 3.8) is 0 Å². The molecule has 7 rings (SSSR count). The van der Waals surface area contributed by atoms with Crippen LogP contribution in [-0.4, -0.2) is 23.6 Å². The Bertz CT molecular complexity index is 1880. The molecule has 0 saturated carbocycles. The molecule has 4 amide bonds. The van der Waals surface area contributed by atoms with E-state index in [2.05, 4.69) is 84.6 Å². The molecule has 2 aliphatic heterocycles. The summed E-state index contributed by atoms with van der Waals surface area (Å²) in [5.74, 6) is -1.35. The molecular formula is C39H27N3O4. The Labute approximate surface area is 265 Å². The van der Waals surface area contributed by atoms with Crippen molar-refractivity contribution in [2.24, 2.45) is 0 Å². The van der Waals surface area contributed by atoms with E-state index in [1.54, 1.807) is 24.3 Å². The first-order valence-electron chi connectivity index (χ1n) is 14.8. The molecule has 0 N–H and O–H groups in total. The summed E-state index contributed by atoms with van der Waals surface area (Å²) in [4.78, 5) is 52.7. The van der Waals surface area contributed by atoms with Crippen LogP contribution in [0.2, 0.25) is 0 Å². The quantitative estimate of drug-likeness (QED) is 0.179. The summed E-state index contributed by atoms with van der Waals surface area (Å²) in [5, 5.41) is 0. The molecule has 7 nitrogen and oxygen atoms in total. The van der Waals surface area contributed by atoms with Crippen molar-refractivity contribution >= 4 is 52.1 Å². The van der Waals surface area contributed by atoms with E-state index in [1.165, 1.54) is 29.9 Å². The molecule has 0 atom stereocenters. The van der Waals surface area contributed by atoms with E-state index in [4.69, 9.17) is 0 Å². The van der Waals surface area contributed by atoms with E-state index in [9.17, 15) is 19.2 Å². The van der Waals surface area contributed by atoms with E-state index >= 15 is 0 Å². The summed E-state index contributed by atoms with van der Waals surface area (Å²) in [6, 6.07) is 39.6. The Hall–Kier alpha value is -6.34. The van der Waals surface area contributed by atoms with Gasteiger partial charge in [0, 0.05) is 41.4 Å². The van der Waals surface area contributed by atoms with Crippen molar-refractivity contribution < 1.29 is 19.2 Å². The first kappa shape index (κ1) is 28.4. The highest BCUT2D eigenvalue weighted by Crippen LogP contribution is 2.37. The highest BCUT2D eigenvalue weighted by atomic mass is 16.2. The molecule has 0 bridgehead atoms. The molecule has 5 aromatic rings. The summed E-state index contributed by atoms with van der Waals surface area (Å²) in [7, 11) is 0. The van der Waals surface area contributed by atoms with Crippen molar-refractivity contribution in [1.82, 2.24) is 0 Å². The average Bonchev–Trinajstić information content (AvgIpc) is 3.61. The number of carbonyl (C=O) groups excluding carboxylic acids is 4. The van der Waals surface area contributed by atoms with Crippen LogP contribution in [0.15, 0.2) is 146 Å². The summed E-state index contributed by atoms with van der Waals surface area (Å²) in [6.07, 6.45) is 5.12. The average molecular weight is 602 g/mol. The zero-order valence-corrected chi connectivity index (χ0v) is 24.8. The minimum Gasteiger partial charge on any atom is -0.311 e. The monoisotopic (exact) mass is 601 g/mol. The normalized spacial score (nSPS) is 14.1. The van der Waals surface area contributed by atoms with Crippen molar-refractivity contribution in [1.29, 1.82) is 0 Å². The van der Waals surface area contributed by atoms with Crippen LogP contribution in [-0.2, 0) is 19.2 Å². The lowest BCUT2D eigenvalue weighted by atomic mass is 10.0. The largest absolute Gasteiger partial charge is 0.311 e. The lowest BCUT2D eigenvalue weighted by molar-refractivity contribution is -0.121. The molecule has 2 aliphatic rings. The number of carbonyl (C=O) groups is 4. The molecule has 0 radical (unpaired) electrons. The van der Waals surface area contributed by atoms with Crippen LogP contribution < -0.4 is 14.7 Å². The fraction of sp³-hybridized carbons (Fsp3) is 0.0256. The van der Waals surface area contributed by atoms with Gasteiger partial charge in [-0.25, -0.2) is 9.80 Å². The van der Waals surface area contributed by atoms with Gasteiger partial charge in [0.15, 0.2) is 0 Å². The SMILES string of the molecule is Cc1ccc(N(c2ccc(-c3ccc(N4C(=O)C=CC4=O)cc3)cc2)c2ccc(-c3ccc(N4C(=O)C=CC4=O)cc3)cc2)cc1. The molecule has 2 heterocycles. The lowest BCUT2D eigenvalue weighted by Gasteiger charge is -2.26. The lowest BCUT2D eigenvalue weighted by Crippen LogP contribution is -2.29. The first-order chi connectivity index (χ1) is 22.4. The number of hydrogen-bond donors (Lipinski definition) is 0. The van der Waals surface area contributed by atoms with Crippen LogP contribution in [0, 0.1) is 6.92 Å². The Morgan fingerprint density at radius 2 is 0.630 bits per heavy atom. The fourth-order valence-corrected chi connectivity index (χ4v) is 5.66. The summed E-state index contributed by atoms with van der Waals surface area (Å²) < 4.78 is 0. The topological polar surface area (TPSA) is 78.0 Å². The van der Waals surface area contributed by atoms with Crippen LogP contribution in [0.3, 0.4) is 0 Å². The third kappa shape index (κ3) is 5.31. The maximum Gasteiger partial charge on any atom is 0.258 e. The van der Waals surface area contributed by atoms with Crippen molar-refractivity contribution in [2.45, 2.75) is 6.92 Å². The second-order valence-corrected chi connectivity index (χ2v) is 11.0. The number of benzene rings is 5. The number of rotatable bonds is 7. The Morgan fingerprint density at radius 1 is 0.370 bits per heavy atom. The minimum absolute atomic E-state index is 0.338. The summed E-state index contributed by atoms with van der Waals surface area (Å²) in [5.41, 5.74) is 9.17. The molecule has 0 unspecified atom stereocenters. The van der Waals surface area contributed by atoms with Gasteiger partial charge in [0.2, 0.25) is 0 Å². The van der Waals surface area contributed by atoms with Crippen LogP contribution >= 0.6 is 0 Å². The second kappa shape index (κ2) is 11.6. The van der Waals surface area contributed by atoms with Gasteiger partial charge in [-0.1, -0.05) is 66.2 Å². The predicted octanol–water partition coefficient (Wildman–Crippen LogP) is 7.66. The van der Waals surface area contributed by atoms with E-state index < -0.39 is 0 Å². The smallest absolute Gasteiger partial charge is 0.258 e. The van der Waals surface area contributed by atoms with Crippen molar-refractivity contribution in [3.05, 3.63) is 151 Å². The molecule has 0 saturated heterocycles. The van der Waals surface area contributed by atoms with Gasteiger partial charge in [0.05, 0.1) is 11.4 Å². The van der Waals surface area contributed by atoms with Crippen LogP contribution in [0.25, 0.3) is 22.3 Å². The van der Waals surface area contributed by atoms with Crippen LogP contribution in [0.5, 0.6) is 0 Å². The molecular weight excluding hydrogens is 574 g/mol. The zero-order valence-electron chi connectivity index (χ0n) is 24.8. The van der Waals surface area contributed by atoms with E-state index in [0.29, 0.717) is 11.4 Å². The minimum atomic E-state index is -0.338. The van der Waals surface area contributed by atoms with Gasteiger partial charge >= 0.3 is 0 Å². The molecule has 5 aromatic carbocycles. The number of anilines is 5. The first-order valence-corrected chi connectivity index (χ1v) is 14.8.